The third kappa shape index (κ3) is 5.13. The van der Waals surface area contributed by atoms with Gasteiger partial charge in [0.05, 0.1) is 10.5 Å². The quantitative estimate of drug-likeness (QED) is 0.845. The van der Waals surface area contributed by atoms with Crippen LogP contribution in [0.25, 0.3) is 0 Å². The van der Waals surface area contributed by atoms with E-state index in [1.54, 1.807) is 18.2 Å². The van der Waals surface area contributed by atoms with Crippen LogP contribution in [0.3, 0.4) is 0 Å². The van der Waals surface area contributed by atoms with Crippen molar-refractivity contribution in [2.24, 2.45) is 5.92 Å². The molecule has 0 aromatic heterocycles. The number of Topliss-reactive ketones (excluding diaryl/α,β-unsaturated/α-hetero) is 1. The Morgan fingerprint density at radius 2 is 2.05 bits per heavy atom. The highest BCUT2D eigenvalue weighted by Crippen LogP contribution is 2.27. The minimum absolute atomic E-state index is 0.0405. The maximum Gasteiger partial charge on any atom is 0.258 e. The van der Waals surface area contributed by atoms with Crippen LogP contribution in [-0.4, -0.2) is 24.3 Å². The zero-order valence-corrected chi connectivity index (χ0v) is 13.9. The van der Waals surface area contributed by atoms with E-state index in [4.69, 9.17) is 16.3 Å². The molecule has 1 aromatic rings. The largest absolute Gasteiger partial charge is 0.483 e. The molecule has 1 aromatic carbocycles. The molecule has 0 aliphatic rings. The molecule has 0 saturated carbocycles. The van der Waals surface area contributed by atoms with Crippen molar-refractivity contribution in [2.75, 3.05) is 6.61 Å². The fourth-order valence-electron chi connectivity index (χ4n) is 1.69. The van der Waals surface area contributed by atoms with Gasteiger partial charge >= 0.3 is 0 Å². The van der Waals surface area contributed by atoms with Crippen molar-refractivity contribution in [2.45, 2.75) is 26.8 Å². The highest BCUT2D eigenvalue weighted by molar-refractivity contribution is 9.10. The first-order valence-corrected chi connectivity index (χ1v) is 7.36. The lowest BCUT2D eigenvalue weighted by atomic mass is 10.0. The van der Waals surface area contributed by atoms with Crippen LogP contribution in [0.15, 0.2) is 22.7 Å². The van der Waals surface area contributed by atoms with Crippen molar-refractivity contribution in [1.29, 1.82) is 0 Å². The zero-order chi connectivity index (χ0) is 15.3. The molecule has 20 heavy (non-hydrogen) atoms. The van der Waals surface area contributed by atoms with Gasteiger partial charge in [-0.05, 0) is 47.0 Å². The summed E-state index contributed by atoms with van der Waals surface area (Å²) in [6, 6.07) is 4.54. The topological polar surface area (TPSA) is 55.4 Å². The summed E-state index contributed by atoms with van der Waals surface area (Å²) in [5, 5.41) is 3.24. The SMILES string of the molecule is CC(=O)C(NC(=O)COc1ccc(Cl)cc1Br)C(C)C. The summed E-state index contributed by atoms with van der Waals surface area (Å²) in [6.07, 6.45) is 0. The Kier molecular flexibility index (Phi) is 6.49. The number of ketones is 1. The van der Waals surface area contributed by atoms with Crippen molar-refractivity contribution in [1.82, 2.24) is 5.32 Å². The number of rotatable bonds is 6. The van der Waals surface area contributed by atoms with Crippen molar-refractivity contribution >= 4 is 39.2 Å². The van der Waals surface area contributed by atoms with Crippen LogP contribution in [0, 0.1) is 5.92 Å². The Morgan fingerprint density at radius 1 is 1.40 bits per heavy atom. The molecular weight excluding hydrogens is 346 g/mol. The first-order valence-electron chi connectivity index (χ1n) is 6.19. The molecule has 1 unspecified atom stereocenters. The molecule has 1 amide bonds. The summed E-state index contributed by atoms with van der Waals surface area (Å²) in [7, 11) is 0. The Morgan fingerprint density at radius 3 is 2.55 bits per heavy atom. The van der Waals surface area contributed by atoms with Crippen LogP contribution in [-0.2, 0) is 9.59 Å². The Balaban J connectivity index is 2.57. The van der Waals surface area contributed by atoms with Crippen LogP contribution in [0.4, 0.5) is 0 Å². The number of halogens is 2. The maximum absolute atomic E-state index is 11.8. The lowest BCUT2D eigenvalue weighted by Gasteiger charge is -2.19. The van der Waals surface area contributed by atoms with E-state index >= 15 is 0 Å². The number of amides is 1. The van der Waals surface area contributed by atoms with Crippen LogP contribution in [0.5, 0.6) is 5.75 Å². The molecule has 1 rings (SSSR count). The minimum atomic E-state index is -0.486. The summed E-state index contributed by atoms with van der Waals surface area (Å²) in [6.45, 7) is 5.06. The zero-order valence-electron chi connectivity index (χ0n) is 11.6. The van der Waals surface area contributed by atoms with Crippen LogP contribution >= 0.6 is 27.5 Å². The van der Waals surface area contributed by atoms with Crippen molar-refractivity contribution in [3.8, 4) is 5.75 Å². The Bertz CT molecular complexity index is 505. The van der Waals surface area contributed by atoms with Crippen LogP contribution in [0.1, 0.15) is 20.8 Å². The van der Waals surface area contributed by atoms with Gasteiger partial charge in [0, 0.05) is 5.02 Å². The van der Waals surface area contributed by atoms with Gasteiger partial charge < -0.3 is 10.1 Å². The first kappa shape index (κ1) is 17.0. The monoisotopic (exact) mass is 361 g/mol. The van der Waals surface area contributed by atoms with E-state index in [0.29, 0.717) is 15.2 Å². The van der Waals surface area contributed by atoms with Gasteiger partial charge in [0.25, 0.3) is 5.91 Å². The van der Waals surface area contributed by atoms with E-state index in [1.807, 2.05) is 13.8 Å². The van der Waals surface area contributed by atoms with Gasteiger partial charge in [-0.25, -0.2) is 0 Å². The van der Waals surface area contributed by atoms with Gasteiger partial charge in [-0.2, -0.15) is 0 Å². The second-order valence-corrected chi connectivity index (χ2v) is 6.05. The van der Waals surface area contributed by atoms with Gasteiger partial charge in [-0.3, -0.25) is 9.59 Å². The highest BCUT2D eigenvalue weighted by atomic mass is 79.9. The molecule has 0 fully saturated rings. The van der Waals surface area contributed by atoms with E-state index in [1.165, 1.54) is 6.92 Å². The number of hydrogen-bond donors (Lipinski definition) is 1. The molecule has 0 heterocycles. The lowest BCUT2D eigenvalue weighted by Crippen LogP contribution is -2.45. The number of ether oxygens (including phenoxy) is 1. The molecule has 0 aliphatic heterocycles. The molecule has 6 heteroatoms. The summed E-state index contributed by atoms with van der Waals surface area (Å²) in [4.78, 5) is 23.2. The van der Waals surface area contributed by atoms with Gasteiger partial charge in [-0.15, -0.1) is 0 Å². The fourth-order valence-corrected chi connectivity index (χ4v) is 2.49. The van der Waals surface area contributed by atoms with Crippen LogP contribution in [0.2, 0.25) is 5.02 Å². The Hall–Kier alpha value is -1.07. The molecule has 0 spiro atoms. The van der Waals surface area contributed by atoms with E-state index in [9.17, 15) is 9.59 Å². The van der Waals surface area contributed by atoms with Crippen molar-refractivity contribution < 1.29 is 14.3 Å². The second-order valence-electron chi connectivity index (χ2n) is 4.76. The molecule has 0 bridgehead atoms. The number of carbonyl (C=O) groups is 2. The van der Waals surface area contributed by atoms with Crippen LogP contribution < -0.4 is 10.1 Å². The smallest absolute Gasteiger partial charge is 0.258 e. The molecule has 1 N–H and O–H groups in total. The summed E-state index contributed by atoms with van der Waals surface area (Å²) in [5.74, 6) is 0.161. The molecule has 0 saturated heterocycles. The van der Waals surface area contributed by atoms with Gasteiger partial charge in [-0.1, -0.05) is 25.4 Å². The second kappa shape index (κ2) is 7.64. The number of carbonyl (C=O) groups excluding carboxylic acids is 2. The summed E-state index contributed by atoms with van der Waals surface area (Å²) in [5.41, 5.74) is 0. The number of nitrogens with one attached hydrogen (secondary N) is 1. The average molecular weight is 363 g/mol. The minimum Gasteiger partial charge on any atom is -0.483 e. The predicted octanol–water partition coefficient (Wildman–Crippen LogP) is 3.21. The molecule has 110 valence electrons. The van der Waals surface area contributed by atoms with Crippen molar-refractivity contribution in [3.05, 3.63) is 27.7 Å². The Labute approximate surface area is 132 Å². The van der Waals surface area contributed by atoms with Gasteiger partial charge in [0.1, 0.15) is 5.75 Å². The third-order valence-electron chi connectivity index (χ3n) is 2.67. The van der Waals surface area contributed by atoms with E-state index in [2.05, 4.69) is 21.2 Å². The third-order valence-corrected chi connectivity index (χ3v) is 3.53. The summed E-state index contributed by atoms with van der Waals surface area (Å²) < 4.78 is 6.06. The maximum atomic E-state index is 11.8. The van der Waals surface area contributed by atoms with E-state index in [-0.39, 0.29) is 24.2 Å². The molecule has 0 radical (unpaired) electrons. The number of hydrogen-bond acceptors (Lipinski definition) is 3. The highest BCUT2D eigenvalue weighted by Gasteiger charge is 2.20. The fraction of sp³-hybridized carbons (Fsp3) is 0.429. The van der Waals surface area contributed by atoms with E-state index < -0.39 is 6.04 Å². The van der Waals surface area contributed by atoms with Crippen molar-refractivity contribution in [3.63, 3.8) is 0 Å². The summed E-state index contributed by atoms with van der Waals surface area (Å²) >= 11 is 9.12. The lowest BCUT2D eigenvalue weighted by molar-refractivity contribution is -0.129. The molecular formula is C14H17BrClNO3. The standard InChI is InChI=1S/C14H17BrClNO3/c1-8(2)14(9(3)18)17-13(19)7-20-12-5-4-10(16)6-11(12)15/h4-6,8,14H,7H2,1-3H3,(H,17,19). The first-order chi connectivity index (χ1) is 9.31. The van der Waals surface area contributed by atoms with Gasteiger partial charge in [0.15, 0.2) is 12.4 Å². The molecule has 0 aliphatic carbocycles. The predicted molar refractivity (Wildman–Crippen MR) is 82.1 cm³/mol. The average Bonchev–Trinajstić information content (AvgIpc) is 2.34. The number of benzene rings is 1. The molecule has 1 atom stereocenters. The normalized spacial score (nSPS) is 12.1. The molecule has 4 nitrogen and oxygen atoms in total. The van der Waals surface area contributed by atoms with E-state index in [0.717, 1.165) is 0 Å². The van der Waals surface area contributed by atoms with Gasteiger partial charge in [0.2, 0.25) is 0 Å².